The Morgan fingerprint density at radius 2 is 0.741 bits per heavy atom. The lowest BCUT2D eigenvalue weighted by Crippen LogP contribution is -2.37. The van der Waals surface area contributed by atoms with Crippen molar-refractivity contribution in [2.24, 2.45) is 0 Å². The summed E-state index contributed by atoms with van der Waals surface area (Å²) in [6, 6.07) is 0. The molecule has 0 bridgehead atoms. The van der Waals surface area contributed by atoms with Gasteiger partial charge in [-0.25, -0.2) is 68.9 Å². The van der Waals surface area contributed by atoms with Crippen molar-refractivity contribution in [3.63, 3.8) is 0 Å². The molecular formula is C40H49N20O21P3S. The lowest BCUT2D eigenvalue weighted by molar-refractivity contribution is -0.0647. The zero-order chi connectivity index (χ0) is 60.0. The van der Waals surface area contributed by atoms with E-state index >= 15 is 0 Å². The number of hydrogen-bond donors (Lipinski definition) is 13. The Morgan fingerprint density at radius 1 is 0.435 bits per heavy atom. The summed E-state index contributed by atoms with van der Waals surface area (Å²) in [4.78, 5) is 82.8. The van der Waals surface area contributed by atoms with Gasteiger partial charge in [-0.3, -0.25) is 40.9 Å². The molecule has 19 atom stereocenters. The molecule has 3 unspecified atom stereocenters. The molecule has 12 rings (SSSR count). The average Bonchev–Trinajstić information content (AvgIpc) is 1.89. The molecule has 456 valence electrons. The highest BCUT2D eigenvalue weighted by Crippen LogP contribution is 2.55. The predicted molar refractivity (Wildman–Crippen MR) is 280 cm³/mol. The summed E-state index contributed by atoms with van der Waals surface area (Å²) in [6.45, 7) is -8.06. The number of phosphoric acid groups is 2. The van der Waals surface area contributed by atoms with E-state index in [4.69, 9.17) is 80.8 Å². The molecule has 0 spiro atoms. The minimum absolute atomic E-state index is 0.00906. The second-order valence-corrected chi connectivity index (χ2v) is 24.8. The van der Waals surface area contributed by atoms with Crippen LogP contribution < -0.4 is 22.9 Å². The number of hydrogen-bond acceptors (Lipinski definition) is 35. The van der Waals surface area contributed by atoms with E-state index in [-0.39, 0.29) is 67.9 Å². The largest absolute Gasteiger partial charge is 0.472 e. The first kappa shape index (κ1) is 59.1. The lowest BCUT2D eigenvalue weighted by atomic mass is 10.1. The van der Waals surface area contributed by atoms with Crippen LogP contribution in [0, 0.1) is 0 Å². The van der Waals surface area contributed by atoms with Gasteiger partial charge >= 0.3 is 22.4 Å². The van der Waals surface area contributed by atoms with Crippen molar-refractivity contribution in [2.75, 3.05) is 49.4 Å². The van der Waals surface area contributed by atoms with Crippen LogP contribution in [0.5, 0.6) is 0 Å². The molecule has 0 aliphatic carbocycles. The normalized spacial score (nSPS) is 32.0. The zero-order valence-electron chi connectivity index (χ0n) is 42.8. The van der Waals surface area contributed by atoms with Crippen LogP contribution in [-0.2, 0) is 67.0 Å². The standard InChI is InChI=1S/C40H49N20O21P3S/c41-29-17-33(49-5-45-29)57(9-53-17)37-25(66)21(62)14(76-37)2-72-82(67,68)79-26-23(64)15(77-38(26)58-10-54-18-30(42)46-6-50-34(18)58)3-73-83(69,70)80-27-24(65)16(78-39(27)59-11-55-19-31(43)47-7-51-35(19)59)4-74-84(71,85)81-28-22(63)13(1-61)75-40(28)60-12-56-20-32(44)48-8-52-36(20)60/h5-16,21-28,37-40,61-66H,1-4H2,(H,67,68)(H,69,70)(H,71,85)(H2,41,45,49)(H2,42,46,50)(H2,43,47,51)(H2,44,48,52)/t13-,14-,15-,16-,21-,22-,23-,24-,25-,26-,27-,28-,37-,38-,39-,40-,84?/m1/s1. The molecule has 4 fully saturated rings. The van der Waals surface area contributed by atoms with Gasteiger partial charge < -0.3 is 91.7 Å². The molecule has 4 aliphatic heterocycles. The molecule has 41 nitrogen and oxygen atoms in total. The van der Waals surface area contributed by atoms with Crippen LogP contribution >= 0.6 is 22.4 Å². The van der Waals surface area contributed by atoms with E-state index in [2.05, 4.69) is 59.8 Å². The zero-order valence-corrected chi connectivity index (χ0v) is 46.3. The maximum Gasteiger partial charge on any atom is 0.472 e. The number of aromatic nitrogens is 16. The van der Waals surface area contributed by atoms with E-state index in [0.29, 0.717) is 0 Å². The summed E-state index contributed by atoms with van der Waals surface area (Å²) in [7, 11) is -10.9. The van der Waals surface area contributed by atoms with Gasteiger partial charge in [0, 0.05) is 0 Å². The quantitative estimate of drug-likeness (QED) is 0.0321. The first-order chi connectivity index (χ1) is 40.5. The minimum Gasteiger partial charge on any atom is -0.394 e. The molecule has 8 aromatic rings. The van der Waals surface area contributed by atoms with Gasteiger partial charge in [0.1, 0.15) is 121 Å². The van der Waals surface area contributed by atoms with Crippen LogP contribution in [0.25, 0.3) is 44.7 Å². The van der Waals surface area contributed by atoms with Crippen molar-refractivity contribution in [1.29, 1.82) is 0 Å². The Kier molecular flexibility index (Phi) is 15.8. The highest BCUT2D eigenvalue weighted by atomic mass is 32.5. The van der Waals surface area contributed by atoms with Gasteiger partial charge in [0.2, 0.25) is 0 Å². The molecule has 17 N–H and O–H groups in total. The van der Waals surface area contributed by atoms with E-state index in [9.17, 15) is 54.4 Å². The highest BCUT2D eigenvalue weighted by Gasteiger charge is 2.55. The van der Waals surface area contributed by atoms with Crippen LogP contribution in [0.1, 0.15) is 24.9 Å². The summed E-state index contributed by atoms with van der Waals surface area (Å²) in [5, 5.41) is 66.7. The number of fused-ring (bicyclic) bond motifs is 4. The number of rotatable bonds is 20. The molecule has 0 radical (unpaired) electrons. The first-order valence-corrected chi connectivity index (χ1v) is 30.4. The third-order valence-corrected chi connectivity index (χ3v) is 17.6. The minimum atomic E-state index is -5.53. The monoisotopic (exact) mass is 1270 g/mol. The predicted octanol–water partition coefficient (Wildman–Crippen LogP) is -4.32. The number of nitrogens with zero attached hydrogens (tertiary/aromatic N) is 16. The molecule has 8 aromatic heterocycles. The highest BCUT2D eigenvalue weighted by molar-refractivity contribution is 8.07. The third-order valence-electron chi connectivity index (χ3n) is 14.1. The van der Waals surface area contributed by atoms with Gasteiger partial charge in [-0.1, -0.05) is 0 Å². The van der Waals surface area contributed by atoms with Crippen molar-refractivity contribution in [2.45, 2.75) is 98.2 Å². The molecule has 85 heavy (non-hydrogen) atoms. The number of aliphatic hydroxyl groups excluding tert-OH is 6. The molecular weight excluding hydrogens is 1220 g/mol. The fraction of sp³-hybridized carbons (Fsp3) is 0.500. The molecule has 4 aliphatic rings. The van der Waals surface area contributed by atoms with Crippen LogP contribution in [0.3, 0.4) is 0 Å². The summed E-state index contributed by atoms with van der Waals surface area (Å²) < 4.78 is 89.8. The van der Waals surface area contributed by atoms with E-state index in [1.165, 1.54) is 21.8 Å². The molecule has 12 heterocycles. The van der Waals surface area contributed by atoms with E-state index < -0.39 is 147 Å². The Hall–Kier alpha value is -6.25. The van der Waals surface area contributed by atoms with Crippen LogP contribution in [-0.4, -0.2) is 223 Å². The van der Waals surface area contributed by atoms with Gasteiger partial charge in [0.25, 0.3) is 0 Å². The number of phosphoric ester groups is 2. The second-order valence-electron chi connectivity index (χ2n) is 19.2. The molecule has 0 saturated carbocycles. The van der Waals surface area contributed by atoms with Gasteiger partial charge in [0.05, 0.1) is 51.7 Å². The van der Waals surface area contributed by atoms with Crippen molar-refractivity contribution < 1.29 is 101 Å². The number of anilines is 4. The Morgan fingerprint density at radius 3 is 1.12 bits per heavy atom. The number of aliphatic hydroxyl groups is 6. The summed E-state index contributed by atoms with van der Waals surface area (Å²) in [6.07, 6.45) is -17.5. The molecule has 45 heteroatoms. The Balaban J connectivity index is 0.749. The fourth-order valence-corrected chi connectivity index (χ4v) is 13.2. The summed E-state index contributed by atoms with van der Waals surface area (Å²) in [5.41, 5.74) is 24.5. The number of ether oxygens (including phenoxy) is 4. The first-order valence-electron chi connectivity index (χ1n) is 24.8. The smallest absolute Gasteiger partial charge is 0.394 e. The number of nitrogens with two attached hydrogens (primary N) is 4. The van der Waals surface area contributed by atoms with Crippen molar-refractivity contribution in [1.82, 2.24) is 78.1 Å². The third kappa shape index (κ3) is 11.1. The maximum atomic E-state index is 14.1. The van der Waals surface area contributed by atoms with E-state index in [0.717, 1.165) is 47.1 Å². The van der Waals surface area contributed by atoms with E-state index in [1.54, 1.807) is 0 Å². The lowest BCUT2D eigenvalue weighted by Gasteiger charge is -2.27. The van der Waals surface area contributed by atoms with Crippen LogP contribution in [0.2, 0.25) is 0 Å². The molecule has 0 aromatic carbocycles. The van der Waals surface area contributed by atoms with Gasteiger partial charge in [-0.15, -0.1) is 0 Å². The van der Waals surface area contributed by atoms with Gasteiger partial charge in [0.15, 0.2) is 70.8 Å². The number of imidazole rings is 4. The molecule has 0 amide bonds. The molecule has 4 saturated heterocycles. The van der Waals surface area contributed by atoms with Crippen molar-refractivity contribution in [3.8, 4) is 0 Å². The Bertz CT molecular complexity index is 3950. The number of nitrogen functional groups attached to an aromatic ring is 4. The fourth-order valence-electron chi connectivity index (χ4n) is 9.97. The Labute approximate surface area is 477 Å². The summed E-state index contributed by atoms with van der Waals surface area (Å²) in [5.74, 6) is -0.166. The van der Waals surface area contributed by atoms with Crippen LogP contribution in [0.15, 0.2) is 50.6 Å². The van der Waals surface area contributed by atoms with Gasteiger partial charge in [-0.05, 0) is 11.8 Å². The van der Waals surface area contributed by atoms with E-state index in [1.807, 2.05) is 0 Å². The maximum absolute atomic E-state index is 14.1. The van der Waals surface area contributed by atoms with Crippen molar-refractivity contribution in [3.05, 3.63) is 50.6 Å². The SMILES string of the molecule is Nc1ncnc2c1ncn2[C@@H]1O[C@H](COP(=O)(O)O[C@@H]2[C@H](O)[C@@H](COP(=O)(O)O[C@@H]3[C@H](O)[C@@H](COP(O)(=S)O[C@@H]4[C@H](O)[C@@H](CO)O[C@H]4n4cnc5c(N)ncnc54)O[C@H]3n3cnc4c(N)ncnc43)O[C@H]2n2cnc3c(N)ncnc32)[C@@H](O)[C@H]1O. The second kappa shape index (κ2) is 22.8. The average molecular weight is 1270 g/mol. The van der Waals surface area contributed by atoms with Crippen LogP contribution in [0.4, 0.5) is 23.3 Å². The topological polar surface area (TPSA) is 587 Å². The van der Waals surface area contributed by atoms with Gasteiger partial charge in [-0.2, -0.15) is 0 Å². The van der Waals surface area contributed by atoms with Crippen molar-refractivity contribution >= 4 is 102 Å². The summed E-state index contributed by atoms with van der Waals surface area (Å²) >= 11 is 5.33.